The summed E-state index contributed by atoms with van der Waals surface area (Å²) in [5, 5.41) is 11.9. The molecule has 0 atom stereocenters. The van der Waals surface area contributed by atoms with Gasteiger partial charge in [0.25, 0.3) is 0 Å². The van der Waals surface area contributed by atoms with Crippen LogP contribution in [0.5, 0.6) is 0 Å². The number of amides is 1. The number of carbonyl (C=O) groups excluding carboxylic acids is 1. The molecular weight excluding hydrogens is 428 g/mol. The first kappa shape index (κ1) is 19.4. The highest BCUT2D eigenvalue weighted by atomic mass is 79.9. The van der Waals surface area contributed by atoms with Gasteiger partial charge < -0.3 is 14.8 Å². The zero-order valence-electron chi connectivity index (χ0n) is 15.2. The number of nitrogens with one attached hydrogen (secondary N) is 1. The lowest BCUT2D eigenvalue weighted by Crippen LogP contribution is -2.15. The van der Waals surface area contributed by atoms with Crippen LogP contribution >= 0.6 is 27.7 Å². The molecule has 0 aliphatic carbocycles. The van der Waals surface area contributed by atoms with E-state index < -0.39 is 0 Å². The van der Waals surface area contributed by atoms with Crippen LogP contribution in [0.2, 0.25) is 0 Å². The number of halogens is 1. The number of rotatable bonds is 6. The molecule has 0 bridgehead atoms. The number of nitrogens with zero attached hydrogens (tertiary/aromatic N) is 5. The highest BCUT2D eigenvalue weighted by Crippen LogP contribution is 2.25. The SMILES string of the molecule is CN(C)c1cccc(-c2nnc(SCC(=O)Nc3ccc(Br)cn3)n2C)c1. The van der Waals surface area contributed by atoms with Crippen molar-refractivity contribution in [1.29, 1.82) is 0 Å². The van der Waals surface area contributed by atoms with Crippen LogP contribution < -0.4 is 10.2 Å². The fourth-order valence-corrected chi connectivity index (χ4v) is 3.32. The van der Waals surface area contributed by atoms with Crippen molar-refractivity contribution < 1.29 is 4.79 Å². The maximum absolute atomic E-state index is 12.1. The molecule has 0 aliphatic rings. The zero-order valence-corrected chi connectivity index (χ0v) is 17.6. The molecule has 1 N–H and O–H groups in total. The Morgan fingerprint density at radius 3 is 2.78 bits per heavy atom. The minimum Gasteiger partial charge on any atom is -0.378 e. The molecule has 2 heterocycles. The number of anilines is 2. The third kappa shape index (κ3) is 4.86. The lowest BCUT2D eigenvalue weighted by atomic mass is 10.2. The van der Waals surface area contributed by atoms with Crippen molar-refractivity contribution in [3.63, 3.8) is 0 Å². The van der Waals surface area contributed by atoms with E-state index >= 15 is 0 Å². The molecule has 0 spiro atoms. The first-order chi connectivity index (χ1) is 12.9. The molecule has 0 aliphatic heterocycles. The van der Waals surface area contributed by atoms with E-state index in [9.17, 15) is 4.79 Å². The van der Waals surface area contributed by atoms with Crippen LogP contribution in [-0.2, 0) is 11.8 Å². The van der Waals surface area contributed by atoms with Gasteiger partial charge in [-0.25, -0.2) is 4.98 Å². The van der Waals surface area contributed by atoms with E-state index in [0.29, 0.717) is 11.0 Å². The molecule has 3 aromatic rings. The summed E-state index contributed by atoms with van der Waals surface area (Å²) in [5.74, 6) is 1.36. The lowest BCUT2D eigenvalue weighted by Gasteiger charge is -2.13. The van der Waals surface area contributed by atoms with Gasteiger partial charge >= 0.3 is 0 Å². The van der Waals surface area contributed by atoms with Crippen molar-refractivity contribution in [1.82, 2.24) is 19.7 Å². The predicted octanol–water partition coefficient (Wildman–Crippen LogP) is 3.44. The number of aromatic nitrogens is 4. The molecule has 9 heteroatoms. The Morgan fingerprint density at radius 1 is 1.26 bits per heavy atom. The standard InChI is InChI=1S/C18H19BrN6OS/c1-24(2)14-6-4-5-12(9-14)17-22-23-18(25(17)3)27-11-16(26)21-15-8-7-13(19)10-20-15/h4-10H,11H2,1-3H3,(H,20,21,26). The molecule has 27 heavy (non-hydrogen) atoms. The van der Waals surface area contributed by atoms with E-state index in [4.69, 9.17) is 0 Å². The summed E-state index contributed by atoms with van der Waals surface area (Å²) < 4.78 is 2.75. The van der Waals surface area contributed by atoms with Gasteiger partial charge in [0.2, 0.25) is 5.91 Å². The quantitative estimate of drug-likeness (QED) is 0.584. The smallest absolute Gasteiger partial charge is 0.236 e. The zero-order chi connectivity index (χ0) is 19.4. The molecule has 0 radical (unpaired) electrons. The second kappa shape index (κ2) is 8.53. The molecule has 0 unspecified atom stereocenters. The summed E-state index contributed by atoms with van der Waals surface area (Å²) >= 11 is 4.65. The van der Waals surface area contributed by atoms with Gasteiger partial charge in [0.1, 0.15) is 5.82 Å². The third-order valence-electron chi connectivity index (χ3n) is 3.78. The Kier molecular flexibility index (Phi) is 6.12. The van der Waals surface area contributed by atoms with E-state index in [2.05, 4.69) is 42.5 Å². The van der Waals surface area contributed by atoms with Crippen LogP contribution in [-0.4, -0.2) is 45.5 Å². The Labute approximate surface area is 170 Å². The van der Waals surface area contributed by atoms with E-state index in [-0.39, 0.29) is 11.7 Å². The lowest BCUT2D eigenvalue weighted by molar-refractivity contribution is -0.113. The number of pyridine rings is 1. The van der Waals surface area contributed by atoms with Crippen LogP contribution in [0.1, 0.15) is 0 Å². The Hall–Kier alpha value is -2.39. The van der Waals surface area contributed by atoms with Crippen molar-refractivity contribution in [3.8, 4) is 11.4 Å². The van der Waals surface area contributed by atoms with Crippen molar-refractivity contribution in [2.75, 3.05) is 30.1 Å². The minimum atomic E-state index is -0.144. The van der Waals surface area contributed by atoms with Crippen LogP contribution in [0.4, 0.5) is 11.5 Å². The summed E-state index contributed by atoms with van der Waals surface area (Å²) in [6.07, 6.45) is 1.64. The van der Waals surface area contributed by atoms with Gasteiger partial charge in [0.05, 0.1) is 5.75 Å². The van der Waals surface area contributed by atoms with Crippen LogP contribution in [0.3, 0.4) is 0 Å². The number of benzene rings is 1. The summed E-state index contributed by atoms with van der Waals surface area (Å²) in [5.41, 5.74) is 2.07. The van der Waals surface area contributed by atoms with Gasteiger partial charge in [-0.2, -0.15) is 0 Å². The normalized spacial score (nSPS) is 10.7. The van der Waals surface area contributed by atoms with Gasteiger partial charge in [0, 0.05) is 43.1 Å². The van der Waals surface area contributed by atoms with Gasteiger partial charge in [-0.15, -0.1) is 10.2 Å². The molecule has 0 fully saturated rings. The van der Waals surface area contributed by atoms with E-state index in [1.165, 1.54) is 11.8 Å². The number of hydrogen-bond donors (Lipinski definition) is 1. The second-order valence-electron chi connectivity index (χ2n) is 6.01. The topological polar surface area (TPSA) is 75.9 Å². The van der Waals surface area contributed by atoms with Crippen molar-refractivity contribution in [2.45, 2.75) is 5.16 Å². The maximum atomic E-state index is 12.1. The Balaban J connectivity index is 1.66. The number of thioether (sulfide) groups is 1. The summed E-state index contributed by atoms with van der Waals surface area (Å²) in [6.45, 7) is 0. The second-order valence-corrected chi connectivity index (χ2v) is 7.87. The molecule has 7 nitrogen and oxygen atoms in total. The van der Waals surface area contributed by atoms with Crippen molar-refractivity contribution in [3.05, 3.63) is 47.1 Å². The fourth-order valence-electron chi connectivity index (χ4n) is 2.37. The van der Waals surface area contributed by atoms with Crippen molar-refractivity contribution >= 4 is 45.1 Å². The molecule has 2 aromatic heterocycles. The summed E-state index contributed by atoms with van der Waals surface area (Å²) in [4.78, 5) is 18.3. The fraction of sp³-hybridized carbons (Fsp3) is 0.222. The summed E-state index contributed by atoms with van der Waals surface area (Å²) in [6, 6.07) is 11.7. The van der Waals surface area contributed by atoms with Gasteiger partial charge in [0.15, 0.2) is 11.0 Å². The average Bonchev–Trinajstić information content (AvgIpc) is 3.02. The molecular formula is C18H19BrN6OS. The van der Waals surface area contributed by atoms with E-state index in [1.54, 1.807) is 12.3 Å². The van der Waals surface area contributed by atoms with E-state index in [1.807, 2.05) is 54.9 Å². The average molecular weight is 447 g/mol. The van der Waals surface area contributed by atoms with E-state index in [0.717, 1.165) is 21.5 Å². The largest absolute Gasteiger partial charge is 0.378 e. The first-order valence-corrected chi connectivity index (χ1v) is 9.93. The molecule has 0 saturated heterocycles. The Morgan fingerprint density at radius 2 is 2.07 bits per heavy atom. The molecule has 140 valence electrons. The first-order valence-electron chi connectivity index (χ1n) is 8.15. The molecule has 0 saturated carbocycles. The summed E-state index contributed by atoms with van der Waals surface area (Å²) in [7, 11) is 5.89. The molecule has 3 rings (SSSR count). The monoisotopic (exact) mass is 446 g/mol. The van der Waals surface area contributed by atoms with Crippen LogP contribution in [0.15, 0.2) is 52.2 Å². The number of carbonyl (C=O) groups is 1. The Bertz CT molecular complexity index is 941. The van der Waals surface area contributed by atoms with Crippen LogP contribution in [0, 0.1) is 0 Å². The van der Waals surface area contributed by atoms with Gasteiger partial charge in [-0.05, 0) is 40.2 Å². The number of hydrogen-bond acceptors (Lipinski definition) is 6. The predicted molar refractivity (Wildman–Crippen MR) is 112 cm³/mol. The third-order valence-corrected chi connectivity index (χ3v) is 5.27. The minimum absolute atomic E-state index is 0.144. The maximum Gasteiger partial charge on any atom is 0.236 e. The van der Waals surface area contributed by atoms with Crippen molar-refractivity contribution in [2.24, 2.45) is 7.05 Å². The van der Waals surface area contributed by atoms with Gasteiger partial charge in [-0.3, -0.25) is 4.79 Å². The highest BCUT2D eigenvalue weighted by molar-refractivity contribution is 9.10. The van der Waals surface area contributed by atoms with Gasteiger partial charge in [-0.1, -0.05) is 23.9 Å². The molecule has 1 aromatic carbocycles. The molecule has 1 amide bonds. The van der Waals surface area contributed by atoms with Crippen LogP contribution in [0.25, 0.3) is 11.4 Å². The highest BCUT2D eigenvalue weighted by Gasteiger charge is 2.14.